The van der Waals surface area contributed by atoms with E-state index in [4.69, 9.17) is 0 Å². The van der Waals surface area contributed by atoms with Gasteiger partial charge in [0, 0.05) is 6.54 Å². The second-order valence-corrected chi connectivity index (χ2v) is 3.67. The van der Waals surface area contributed by atoms with Crippen LogP contribution >= 0.6 is 0 Å². The number of carbonyl (C=O) groups excluding carboxylic acids is 1. The number of rotatable bonds is 4. The van der Waals surface area contributed by atoms with E-state index in [0.717, 1.165) is 6.54 Å². The second kappa shape index (κ2) is 5.34. The first-order valence-corrected chi connectivity index (χ1v) is 4.92. The fourth-order valence-corrected chi connectivity index (χ4v) is 1.06. The van der Waals surface area contributed by atoms with Gasteiger partial charge in [-0.25, -0.2) is 9.78 Å². The summed E-state index contributed by atoms with van der Waals surface area (Å²) in [6, 6.07) is 5.24. The van der Waals surface area contributed by atoms with E-state index in [1.807, 2.05) is 6.07 Å². The van der Waals surface area contributed by atoms with Gasteiger partial charge in [-0.3, -0.25) is 0 Å². The molecule has 1 aromatic rings. The Bertz CT molecular complexity index is 337. The average molecular weight is 208 g/mol. The summed E-state index contributed by atoms with van der Waals surface area (Å²) >= 11 is 0. The molecule has 0 aliphatic heterocycles. The lowest BCUT2D eigenvalue weighted by atomic mass is 10.2. The Hall–Kier alpha value is -1.58. The van der Waals surface area contributed by atoms with Gasteiger partial charge in [-0.05, 0) is 18.1 Å². The van der Waals surface area contributed by atoms with Gasteiger partial charge in [0.1, 0.15) is 5.82 Å². The smallest absolute Gasteiger partial charge is 0.356 e. The maximum atomic E-state index is 11.2. The van der Waals surface area contributed by atoms with E-state index in [2.05, 4.69) is 28.9 Å². The highest BCUT2D eigenvalue weighted by Crippen LogP contribution is 2.06. The van der Waals surface area contributed by atoms with Crippen molar-refractivity contribution in [2.24, 2.45) is 5.92 Å². The minimum Gasteiger partial charge on any atom is -0.464 e. The van der Waals surface area contributed by atoms with Crippen molar-refractivity contribution in [3.8, 4) is 0 Å². The molecule has 4 nitrogen and oxygen atoms in total. The van der Waals surface area contributed by atoms with Crippen molar-refractivity contribution in [1.82, 2.24) is 4.98 Å². The normalized spacial score (nSPS) is 10.1. The van der Waals surface area contributed by atoms with Crippen LogP contribution in [0.5, 0.6) is 0 Å². The zero-order valence-corrected chi connectivity index (χ0v) is 9.28. The molecule has 0 bridgehead atoms. The summed E-state index contributed by atoms with van der Waals surface area (Å²) in [5, 5.41) is 3.14. The number of esters is 1. The summed E-state index contributed by atoms with van der Waals surface area (Å²) in [5.41, 5.74) is 0.325. The van der Waals surface area contributed by atoms with E-state index >= 15 is 0 Å². The number of carbonyl (C=O) groups is 1. The Morgan fingerprint density at radius 3 is 2.87 bits per heavy atom. The molecule has 1 rings (SSSR count). The maximum absolute atomic E-state index is 11.2. The number of hydrogen-bond acceptors (Lipinski definition) is 4. The van der Waals surface area contributed by atoms with E-state index in [-0.39, 0.29) is 0 Å². The molecule has 0 fully saturated rings. The van der Waals surface area contributed by atoms with E-state index in [9.17, 15) is 4.79 Å². The molecule has 4 heteroatoms. The minimum absolute atomic E-state index is 0.325. The van der Waals surface area contributed by atoms with Crippen molar-refractivity contribution in [3.63, 3.8) is 0 Å². The van der Waals surface area contributed by atoms with Crippen LogP contribution < -0.4 is 5.32 Å². The predicted octanol–water partition coefficient (Wildman–Crippen LogP) is 1.94. The van der Waals surface area contributed by atoms with Gasteiger partial charge in [0.2, 0.25) is 0 Å². The summed E-state index contributed by atoms with van der Waals surface area (Å²) in [7, 11) is 1.35. The summed E-state index contributed by atoms with van der Waals surface area (Å²) in [5.74, 6) is 0.823. The topological polar surface area (TPSA) is 51.2 Å². The molecule has 0 aliphatic carbocycles. The summed E-state index contributed by atoms with van der Waals surface area (Å²) < 4.78 is 4.59. The molecule has 0 unspecified atom stereocenters. The highest BCUT2D eigenvalue weighted by atomic mass is 16.5. The van der Waals surface area contributed by atoms with Gasteiger partial charge in [0.25, 0.3) is 0 Å². The van der Waals surface area contributed by atoms with Crippen LogP contribution in [0.3, 0.4) is 0 Å². The molecule has 1 N–H and O–H groups in total. The lowest BCUT2D eigenvalue weighted by Crippen LogP contribution is -2.11. The Morgan fingerprint density at radius 2 is 2.27 bits per heavy atom. The fourth-order valence-electron chi connectivity index (χ4n) is 1.06. The molecule has 0 radical (unpaired) electrons. The van der Waals surface area contributed by atoms with Gasteiger partial charge in [0.15, 0.2) is 5.69 Å². The molecule has 0 aromatic carbocycles. The molecule has 1 heterocycles. The van der Waals surface area contributed by atoms with Crippen LogP contribution in [0.2, 0.25) is 0 Å². The van der Waals surface area contributed by atoms with Crippen LogP contribution in [0.1, 0.15) is 24.3 Å². The SMILES string of the molecule is COC(=O)c1cccc(NCC(C)C)n1. The predicted molar refractivity (Wildman–Crippen MR) is 58.9 cm³/mol. The Labute approximate surface area is 89.7 Å². The fraction of sp³-hybridized carbons (Fsp3) is 0.455. The van der Waals surface area contributed by atoms with Crippen LogP contribution in [0.4, 0.5) is 5.82 Å². The first-order valence-electron chi connectivity index (χ1n) is 4.92. The molecule has 0 saturated carbocycles. The molecule has 1 aromatic heterocycles. The van der Waals surface area contributed by atoms with Gasteiger partial charge >= 0.3 is 5.97 Å². The maximum Gasteiger partial charge on any atom is 0.356 e. The number of methoxy groups -OCH3 is 1. The van der Waals surface area contributed by atoms with E-state index in [0.29, 0.717) is 17.4 Å². The van der Waals surface area contributed by atoms with Crippen molar-refractivity contribution < 1.29 is 9.53 Å². The molecular formula is C11H16N2O2. The van der Waals surface area contributed by atoms with Gasteiger partial charge in [-0.15, -0.1) is 0 Å². The Balaban J connectivity index is 2.70. The molecule has 0 aliphatic rings. The van der Waals surface area contributed by atoms with Crippen LogP contribution in [-0.4, -0.2) is 24.6 Å². The van der Waals surface area contributed by atoms with Crippen LogP contribution in [-0.2, 0) is 4.74 Å². The number of anilines is 1. The summed E-state index contributed by atoms with van der Waals surface area (Å²) in [6.45, 7) is 5.05. The molecule has 0 saturated heterocycles. The highest BCUT2D eigenvalue weighted by Gasteiger charge is 2.07. The summed E-state index contributed by atoms with van der Waals surface area (Å²) in [4.78, 5) is 15.3. The van der Waals surface area contributed by atoms with E-state index < -0.39 is 5.97 Å². The number of pyridine rings is 1. The van der Waals surface area contributed by atoms with Gasteiger partial charge in [-0.1, -0.05) is 19.9 Å². The number of ether oxygens (including phenoxy) is 1. The van der Waals surface area contributed by atoms with Crippen LogP contribution in [0, 0.1) is 5.92 Å². The van der Waals surface area contributed by atoms with Gasteiger partial charge in [0.05, 0.1) is 7.11 Å². The van der Waals surface area contributed by atoms with Crippen LogP contribution in [0.25, 0.3) is 0 Å². The van der Waals surface area contributed by atoms with Crippen LogP contribution in [0.15, 0.2) is 18.2 Å². The number of hydrogen-bond donors (Lipinski definition) is 1. The molecule has 0 amide bonds. The van der Waals surface area contributed by atoms with Crippen molar-refractivity contribution in [2.45, 2.75) is 13.8 Å². The monoisotopic (exact) mass is 208 g/mol. The Morgan fingerprint density at radius 1 is 1.53 bits per heavy atom. The Kier molecular flexibility index (Phi) is 4.09. The molecule has 15 heavy (non-hydrogen) atoms. The van der Waals surface area contributed by atoms with E-state index in [1.165, 1.54) is 7.11 Å². The largest absolute Gasteiger partial charge is 0.464 e. The average Bonchev–Trinajstić information content (AvgIpc) is 2.25. The number of aromatic nitrogens is 1. The number of nitrogens with zero attached hydrogens (tertiary/aromatic N) is 1. The molecule has 0 atom stereocenters. The zero-order chi connectivity index (χ0) is 11.3. The van der Waals surface area contributed by atoms with Crippen molar-refractivity contribution >= 4 is 11.8 Å². The molecular weight excluding hydrogens is 192 g/mol. The van der Waals surface area contributed by atoms with E-state index in [1.54, 1.807) is 12.1 Å². The lowest BCUT2D eigenvalue weighted by Gasteiger charge is -2.08. The van der Waals surface area contributed by atoms with Gasteiger partial charge < -0.3 is 10.1 Å². The zero-order valence-electron chi connectivity index (χ0n) is 9.28. The first-order chi connectivity index (χ1) is 7.13. The third kappa shape index (κ3) is 3.58. The minimum atomic E-state index is -0.414. The molecule has 0 spiro atoms. The summed E-state index contributed by atoms with van der Waals surface area (Å²) in [6.07, 6.45) is 0. The molecule has 82 valence electrons. The quantitative estimate of drug-likeness (QED) is 0.768. The van der Waals surface area contributed by atoms with Crippen molar-refractivity contribution in [3.05, 3.63) is 23.9 Å². The highest BCUT2D eigenvalue weighted by molar-refractivity contribution is 5.87. The van der Waals surface area contributed by atoms with Crippen molar-refractivity contribution in [1.29, 1.82) is 0 Å². The second-order valence-electron chi connectivity index (χ2n) is 3.67. The third-order valence-corrected chi connectivity index (χ3v) is 1.84. The van der Waals surface area contributed by atoms with Crippen molar-refractivity contribution in [2.75, 3.05) is 19.0 Å². The van der Waals surface area contributed by atoms with Gasteiger partial charge in [-0.2, -0.15) is 0 Å². The lowest BCUT2D eigenvalue weighted by molar-refractivity contribution is 0.0594. The first kappa shape index (κ1) is 11.5. The third-order valence-electron chi connectivity index (χ3n) is 1.84. The number of nitrogens with one attached hydrogen (secondary N) is 1. The standard InChI is InChI=1S/C11H16N2O2/c1-8(2)7-12-10-6-4-5-9(13-10)11(14)15-3/h4-6,8H,7H2,1-3H3,(H,12,13).